The second-order valence-corrected chi connectivity index (χ2v) is 3.87. The summed E-state index contributed by atoms with van der Waals surface area (Å²) in [6.45, 7) is 5.49. The zero-order valence-corrected chi connectivity index (χ0v) is 9.81. The topological polar surface area (TPSA) is 53.4 Å². The van der Waals surface area contributed by atoms with Crippen LogP contribution in [-0.2, 0) is 11.3 Å². The van der Waals surface area contributed by atoms with Crippen molar-refractivity contribution < 1.29 is 9.90 Å². The van der Waals surface area contributed by atoms with Gasteiger partial charge in [0, 0.05) is 12.7 Å². The molecule has 1 N–H and O–H groups in total. The van der Waals surface area contributed by atoms with Gasteiger partial charge in [-0.15, -0.1) is 0 Å². The lowest BCUT2D eigenvalue weighted by atomic mass is 10.2. The van der Waals surface area contributed by atoms with Crippen LogP contribution in [0.4, 0.5) is 0 Å². The first kappa shape index (κ1) is 12.6. The standard InChI is InChI=1S/C12H18N2O2/c1-3-7-14(9-12(15)16)8-11-10(2)5-4-6-13-11/h4-6H,3,7-9H2,1-2H3,(H,15,16). The molecule has 1 aromatic heterocycles. The van der Waals surface area contributed by atoms with E-state index in [1.807, 2.05) is 30.9 Å². The second kappa shape index (κ2) is 6.23. The van der Waals surface area contributed by atoms with E-state index in [1.54, 1.807) is 6.20 Å². The van der Waals surface area contributed by atoms with E-state index in [-0.39, 0.29) is 6.54 Å². The van der Waals surface area contributed by atoms with Gasteiger partial charge in [0.1, 0.15) is 0 Å². The van der Waals surface area contributed by atoms with Gasteiger partial charge in [0.15, 0.2) is 0 Å². The predicted octanol–water partition coefficient (Wildman–Crippen LogP) is 1.69. The molecule has 1 rings (SSSR count). The lowest BCUT2D eigenvalue weighted by Crippen LogP contribution is -2.30. The van der Waals surface area contributed by atoms with Gasteiger partial charge < -0.3 is 5.11 Å². The Hall–Kier alpha value is -1.42. The monoisotopic (exact) mass is 222 g/mol. The molecule has 0 aliphatic heterocycles. The summed E-state index contributed by atoms with van der Waals surface area (Å²) in [5.41, 5.74) is 2.06. The number of aliphatic carboxylic acids is 1. The third-order valence-electron chi connectivity index (χ3n) is 2.39. The molecule has 0 amide bonds. The summed E-state index contributed by atoms with van der Waals surface area (Å²) in [7, 11) is 0. The number of hydrogen-bond acceptors (Lipinski definition) is 3. The van der Waals surface area contributed by atoms with Crippen LogP contribution in [0.3, 0.4) is 0 Å². The van der Waals surface area contributed by atoms with Crippen LogP contribution in [0.15, 0.2) is 18.3 Å². The Kier molecular flexibility index (Phi) is 4.92. The summed E-state index contributed by atoms with van der Waals surface area (Å²) in [5, 5.41) is 8.80. The van der Waals surface area contributed by atoms with E-state index in [4.69, 9.17) is 5.11 Å². The molecule has 1 aromatic rings. The molecule has 1 heterocycles. The van der Waals surface area contributed by atoms with Crippen LogP contribution in [-0.4, -0.2) is 34.0 Å². The van der Waals surface area contributed by atoms with Crippen LogP contribution in [0.5, 0.6) is 0 Å². The van der Waals surface area contributed by atoms with Crippen molar-refractivity contribution in [2.45, 2.75) is 26.8 Å². The number of nitrogens with zero attached hydrogens (tertiary/aromatic N) is 2. The highest BCUT2D eigenvalue weighted by Gasteiger charge is 2.10. The van der Waals surface area contributed by atoms with Crippen molar-refractivity contribution >= 4 is 5.97 Å². The Bertz CT molecular complexity index is 353. The van der Waals surface area contributed by atoms with Gasteiger partial charge in [-0.2, -0.15) is 0 Å². The molecule has 0 fully saturated rings. The first-order valence-electron chi connectivity index (χ1n) is 5.48. The Morgan fingerprint density at radius 1 is 1.56 bits per heavy atom. The van der Waals surface area contributed by atoms with Crippen molar-refractivity contribution in [2.75, 3.05) is 13.1 Å². The minimum atomic E-state index is -0.790. The molecule has 88 valence electrons. The summed E-state index contributed by atoms with van der Waals surface area (Å²) in [4.78, 5) is 16.9. The van der Waals surface area contributed by atoms with Crippen LogP contribution in [0.1, 0.15) is 24.6 Å². The molecular weight excluding hydrogens is 204 g/mol. The zero-order chi connectivity index (χ0) is 12.0. The van der Waals surface area contributed by atoms with Crippen molar-refractivity contribution in [3.63, 3.8) is 0 Å². The first-order valence-corrected chi connectivity index (χ1v) is 5.48. The Balaban J connectivity index is 2.67. The van der Waals surface area contributed by atoms with Crippen molar-refractivity contribution in [1.82, 2.24) is 9.88 Å². The SMILES string of the molecule is CCCN(CC(=O)O)Cc1ncccc1C. The van der Waals surface area contributed by atoms with Crippen LogP contribution < -0.4 is 0 Å². The lowest BCUT2D eigenvalue weighted by molar-refractivity contribution is -0.138. The number of carbonyl (C=O) groups is 1. The van der Waals surface area contributed by atoms with Gasteiger partial charge in [-0.3, -0.25) is 14.7 Å². The number of carboxylic acids is 1. The van der Waals surface area contributed by atoms with Gasteiger partial charge in [-0.1, -0.05) is 13.0 Å². The Morgan fingerprint density at radius 3 is 2.88 bits per heavy atom. The number of aromatic nitrogens is 1. The van der Waals surface area contributed by atoms with E-state index in [2.05, 4.69) is 4.98 Å². The van der Waals surface area contributed by atoms with Crippen molar-refractivity contribution in [3.8, 4) is 0 Å². The molecule has 16 heavy (non-hydrogen) atoms. The molecule has 0 bridgehead atoms. The summed E-state index contributed by atoms with van der Waals surface area (Å²) in [6, 6.07) is 3.88. The van der Waals surface area contributed by atoms with E-state index in [1.165, 1.54) is 0 Å². The van der Waals surface area contributed by atoms with Gasteiger partial charge in [0.25, 0.3) is 0 Å². The van der Waals surface area contributed by atoms with Crippen LogP contribution in [0.2, 0.25) is 0 Å². The van der Waals surface area contributed by atoms with E-state index in [0.717, 1.165) is 24.2 Å². The quantitative estimate of drug-likeness (QED) is 0.795. The molecule has 0 saturated carbocycles. The molecule has 0 aliphatic rings. The van der Waals surface area contributed by atoms with E-state index in [9.17, 15) is 4.79 Å². The highest BCUT2D eigenvalue weighted by Crippen LogP contribution is 2.07. The zero-order valence-electron chi connectivity index (χ0n) is 9.81. The highest BCUT2D eigenvalue weighted by molar-refractivity contribution is 5.69. The molecule has 4 heteroatoms. The Morgan fingerprint density at radius 2 is 2.31 bits per heavy atom. The molecule has 4 nitrogen and oxygen atoms in total. The number of hydrogen-bond donors (Lipinski definition) is 1. The Labute approximate surface area is 95.9 Å². The average molecular weight is 222 g/mol. The summed E-state index contributed by atoms with van der Waals surface area (Å²) < 4.78 is 0. The third kappa shape index (κ3) is 3.98. The third-order valence-corrected chi connectivity index (χ3v) is 2.39. The maximum atomic E-state index is 10.7. The molecule has 0 saturated heterocycles. The maximum Gasteiger partial charge on any atom is 0.317 e. The van der Waals surface area contributed by atoms with Crippen LogP contribution in [0.25, 0.3) is 0 Å². The van der Waals surface area contributed by atoms with Gasteiger partial charge in [-0.05, 0) is 31.5 Å². The fourth-order valence-electron chi connectivity index (χ4n) is 1.62. The largest absolute Gasteiger partial charge is 0.480 e. The predicted molar refractivity (Wildman–Crippen MR) is 62.2 cm³/mol. The molecule has 0 radical (unpaired) electrons. The fraction of sp³-hybridized carbons (Fsp3) is 0.500. The summed E-state index contributed by atoms with van der Waals surface area (Å²) >= 11 is 0. The number of aryl methyl sites for hydroxylation is 1. The number of rotatable bonds is 6. The van der Waals surface area contributed by atoms with Crippen molar-refractivity contribution in [2.24, 2.45) is 0 Å². The summed E-state index contributed by atoms with van der Waals surface area (Å²) in [6.07, 6.45) is 2.69. The number of pyridine rings is 1. The summed E-state index contributed by atoms with van der Waals surface area (Å²) in [5.74, 6) is -0.790. The van der Waals surface area contributed by atoms with Crippen molar-refractivity contribution in [1.29, 1.82) is 0 Å². The minimum absolute atomic E-state index is 0.0733. The molecule has 0 unspecified atom stereocenters. The molecule has 0 aliphatic carbocycles. The minimum Gasteiger partial charge on any atom is -0.480 e. The molecule has 0 spiro atoms. The van der Waals surface area contributed by atoms with Crippen LogP contribution in [0, 0.1) is 6.92 Å². The smallest absolute Gasteiger partial charge is 0.317 e. The maximum absolute atomic E-state index is 10.7. The van der Waals surface area contributed by atoms with E-state index < -0.39 is 5.97 Å². The van der Waals surface area contributed by atoms with Crippen molar-refractivity contribution in [3.05, 3.63) is 29.6 Å². The van der Waals surface area contributed by atoms with E-state index in [0.29, 0.717) is 6.54 Å². The number of carboxylic acid groups (broad SMARTS) is 1. The lowest BCUT2D eigenvalue weighted by Gasteiger charge is -2.19. The van der Waals surface area contributed by atoms with E-state index >= 15 is 0 Å². The molecular formula is C12H18N2O2. The normalized spacial score (nSPS) is 10.7. The fourth-order valence-corrected chi connectivity index (χ4v) is 1.62. The van der Waals surface area contributed by atoms with Gasteiger partial charge in [0.05, 0.1) is 12.2 Å². The first-order chi connectivity index (χ1) is 7.63. The highest BCUT2D eigenvalue weighted by atomic mass is 16.4. The molecule has 0 atom stereocenters. The van der Waals surface area contributed by atoms with Gasteiger partial charge >= 0.3 is 5.97 Å². The van der Waals surface area contributed by atoms with Gasteiger partial charge in [-0.25, -0.2) is 0 Å². The second-order valence-electron chi connectivity index (χ2n) is 3.87. The van der Waals surface area contributed by atoms with Gasteiger partial charge in [0.2, 0.25) is 0 Å². The molecule has 0 aromatic carbocycles. The van der Waals surface area contributed by atoms with Crippen LogP contribution >= 0.6 is 0 Å². The average Bonchev–Trinajstić information content (AvgIpc) is 2.21.